The lowest BCUT2D eigenvalue weighted by Gasteiger charge is -2.14. The summed E-state index contributed by atoms with van der Waals surface area (Å²) in [5.41, 5.74) is 0.561. The lowest BCUT2D eigenvalue weighted by atomic mass is 10.1. The van der Waals surface area contributed by atoms with E-state index in [4.69, 9.17) is 0 Å². The van der Waals surface area contributed by atoms with Crippen molar-refractivity contribution in [3.8, 4) is 0 Å². The van der Waals surface area contributed by atoms with Crippen LogP contribution in [0.25, 0.3) is 10.8 Å². The predicted molar refractivity (Wildman–Crippen MR) is 83.6 cm³/mol. The Morgan fingerprint density at radius 3 is 2.43 bits per heavy atom. The number of benzene rings is 2. The molecule has 0 fully saturated rings. The molecular weight excluding hydrogens is 288 g/mol. The van der Waals surface area contributed by atoms with Gasteiger partial charge in [-0.25, -0.2) is 13.1 Å². The summed E-state index contributed by atoms with van der Waals surface area (Å²) in [7, 11) is -2.36. The molecule has 0 saturated carbocycles. The summed E-state index contributed by atoms with van der Waals surface area (Å²) >= 11 is 0. The fourth-order valence-electron chi connectivity index (χ4n) is 1.93. The molecule has 2 N–H and O–H groups in total. The molecule has 0 saturated heterocycles. The van der Waals surface area contributed by atoms with Crippen LogP contribution in [0.15, 0.2) is 53.4 Å². The molecule has 110 valence electrons. The van der Waals surface area contributed by atoms with Crippen LogP contribution in [0, 0.1) is 0 Å². The fraction of sp³-hybridized carbons (Fsp3) is 0.133. The zero-order chi connectivity index (χ0) is 15.6. The maximum Gasteiger partial charge on any atom is 0.250 e. The van der Waals surface area contributed by atoms with Gasteiger partial charge in [0.05, 0.1) is 5.69 Å². The topological polar surface area (TPSA) is 75.3 Å². The first-order chi connectivity index (χ1) is 9.86. The van der Waals surface area contributed by atoms with Crippen molar-refractivity contribution in [2.75, 3.05) is 12.4 Å². The van der Waals surface area contributed by atoms with Crippen LogP contribution in [0.5, 0.6) is 0 Å². The second-order valence-electron chi connectivity index (χ2n) is 4.60. The minimum absolute atomic E-state index is 0.0262. The first-order valence-corrected chi connectivity index (χ1v) is 7.77. The van der Waals surface area contributed by atoms with Crippen LogP contribution in [0.4, 0.5) is 5.69 Å². The SMILES string of the molecule is C=C(C)C(=O)Nc1c(S(=O)(=O)NC)ccc2ccccc12. The van der Waals surface area contributed by atoms with Gasteiger partial charge in [0.15, 0.2) is 0 Å². The van der Waals surface area contributed by atoms with E-state index in [1.165, 1.54) is 13.1 Å². The molecule has 0 spiro atoms. The molecule has 0 aliphatic rings. The Hall–Kier alpha value is -2.18. The quantitative estimate of drug-likeness (QED) is 0.851. The van der Waals surface area contributed by atoms with Gasteiger partial charge in [-0.2, -0.15) is 0 Å². The van der Waals surface area contributed by atoms with Gasteiger partial charge < -0.3 is 5.32 Å². The molecule has 21 heavy (non-hydrogen) atoms. The molecule has 2 aromatic rings. The van der Waals surface area contributed by atoms with Crippen molar-refractivity contribution in [3.05, 3.63) is 48.6 Å². The summed E-state index contributed by atoms with van der Waals surface area (Å²) in [5.74, 6) is -0.418. The normalized spacial score (nSPS) is 11.3. The van der Waals surface area contributed by atoms with Crippen LogP contribution < -0.4 is 10.0 Å². The van der Waals surface area contributed by atoms with Gasteiger partial charge >= 0.3 is 0 Å². The first-order valence-electron chi connectivity index (χ1n) is 6.29. The van der Waals surface area contributed by atoms with Crippen molar-refractivity contribution < 1.29 is 13.2 Å². The molecule has 2 rings (SSSR count). The molecule has 0 radical (unpaired) electrons. The van der Waals surface area contributed by atoms with Crippen molar-refractivity contribution in [2.45, 2.75) is 11.8 Å². The van der Waals surface area contributed by atoms with Crippen molar-refractivity contribution in [2.24, 2.45) is 0 Å². The zero-order valence-corrected chi connectivity index (χ0v) is 12.6. The molecule has 0 heterocycles. The minimum Gasteiger partial charge on any atom is -0.321 e. The van der Waals surface area contributed by atoms with Gasteiger partial charge in [0.25, 0.3) is 5.91 Å². The highest BCUT2D eigenvalue weighted by molar-refractivity contribution is 7.89. The van der Waals surface area contributed by atoms with Crippen LogP contribution in [-0.2, 0) is 14.8 Å². The molecule has 1 amide bonds. The second-order valence-corrected chi connectivity index (χ2v) is 6.46. The second kappa shape index (κ2) is 5.67. The zero-order valence-electron chi connectivity index (χ0n) is 11.8. The van der Waals surface area contributed by atoms with E-state index in [9.17, 15) is 13.2 Å². The number of carbonyl (C=O) groups excluding carboxylic acids is 1. The Bertz CT molecular complexity index is 826. The molecule has 6 heteroatoms. The number of nitrogens with one attached hydrogen (secondary N) is 2. The Morgan fingerprint density at radius 1 is 1.14 bits per heavy atom. The van der Waals surface area contributed by atoms with E-state index >= 15 is 0 Å². The Morgan fingerprint density at radius 2 is 1.81 bits per heavy atom. The minimum atomic E-state index is -3.69. The molecule has 5 nitrogen and oxygen atoms in total. The van der Waals surface area contributed by atoms with Crippen molar-refractivity contribution in [3.63, 3.8) is 0 Å². The lowest BCUT2D eigenvalue weighted by Crippen LogP contribution is -2.22. The number of rotatable bonds is 4. The number of amides is 1. The summed E-state index contributed by atoms with van der Waals surface area (Å²) in [6.07, 6.45) is 0. The third kappa shape index (κ3) is 2.96. The van der Waals surface area contributed by atoms with E-state index in [0.29, 0.717) is 11.0 Å². The smallest absolute Gasteiger partial charge is 0.250 e. The van der Waals surface area contributed by atoms with Crippen LogP contribution in [0.1, 0.15) is 6.92 Å². The lowest BCUT2D eigenvalue weighted by molar-refractivity contribution is -0.112. The highest BCUT2D eigenvalue weighted by atomic mass is 32.2. The molecule has 0 aromatic heterocycles. The molecule has 0 aliphatic carbocycles. The highest BCUT2D eigenvalue weighted by Gasteiger charge is 2.20. The average Bonchev–Trinajstić information content (AvgIpc) is 2.47. The van der Waals surface area contributed by atoms with Crippen LogP contribution in [0.2, 0.25) is 0 Å². The number of hydrogen-bond donors (Lipinski definition) is 2. The monoisotopic (exact) mass is 304 g/mol. The molecule has 0 aliphatic heterocycles. The van der Waals surface area contributed by atoms with Crippen molar-refractivity contribution in [1.82, 2.24) is 4.72 Å². The average molecular weight is 304 g/mol. The summed E-state index contributed by atoms with van der Waals surface area (Å²) in [4.78, 5) is 11.9. The van der Waals surface area contributed by atoms with Gasteiger partial charge in [0.2, 0.25) is 10.0 Å². The first kappa shape index (κ1) is 15.2. The standard InChI is InChI=1S/C15H16N2O3S/c1-10(2)15(18)17-14-12-7-5-4-6-11(12)8-9-13(14)21(19,20)16-3/h4-9,16H,1H2,2-3H3,(H,17,18). The summed E-state index contributed by atoms with van der Waals surface area (Å²) in [5, 5.41) is 4.13. The van der Waals surface area contributed by atoms with E-state index in [1.54, 1.807) is 25.1 Å². The van der Waals surface area contributed by atoms with Crippen molar-refractivity contribution in [1.29, 1.82) is 0 Å². The molecular formula is C15H16N2O3S. The number of anilines is 1. The Kier molecular flexibility index (Phi) is 4.11. The fourth-order valence-corrected chi connectivity index (χ4v) is 2.83. The van der Waals surface area contributed by atoms with Crippen LogP contribution in [-0.4, -0.2) is 21.4 Å². The van der Waals surface area contributed by atoms with Gasteiger partial charge in [0, 0.05) is 11.0 Å². The number of fused-ring (bicyclic) bond motifs is 1. The molecule has 2 aromatic carbocycles. The maximum absolute atomic E-state index is 12.1. The van der Waals surface area contributed by atoms with E-state index in [1.807, 2.05) is 12.1 Å². The molecule has 0 atom stereocenters. The predicted octanol–water partition coefficient (Wildman–Crippen LogP) is 2.26. The largest absolute Gasteiger partial charge is 0.321 e. The van der Waals surface area contributed by atoms with E-state index in [-0.39, 0.29) is 10.6 Å². The molecule has 0 bridgehead atoms. The number of sulfonamides is 1. The maximum atomic E-state index is 12.1. The van der Waals surface area contributed by atoms with Gasteiger partial charge in [0.1, 0.15) is 4.90 Å². The van der Waals surface area contributed by atoms with Crippen LogP contribution in [0.3, 0.4) is 0 Å². The highest BCUT2D eigenvalue weighted by Crippen LogP contribution is 2.30. The Labute approximate surface area is 123 Å². The summed E-state index contributed by atoms with van der Waals surface area (Å²) < 4.78 is 26.5. The van der Waals surface area contributed by atoms with Crippen LogP contribution >= 0.6 is 0 Å². The number of hydrogen-bond acceptors (Lipinski definition) is 3. The summed E-state index contributed by atoms with van der Waals surface area (Å²) in [6, 6.07) is 10.4. The van der Waals surface area contributed by atoms with Gasteiger partial charge in [-0.1, -0.05) is 36.9 Å². The van der Waals surface area contributed by atoms with Gasteiger partial charge in [-0.15, -0.1) is 0 Å². The number of carbonyl (C=O) groups is 1. The van der Waals surface area contributed by atoms with Gasteiger partial charge in [-0.05, 0) is 25.4 Å². The third-order valence-electron chi connectivity index (χ3n) is 3.08. The summed E-state index contributed by atoms with van der Waals surface area (Å²) in [6.45, 7) is 5.13. The van der Waals surface area contributed by atoms with Gasteiger partial charge in [-0.3, -0.25) is 4.79 Å². The Balaban J connectivity index is 2.75. The van der Waals surface area contributed by atoms with E-state index < -0.39 is 15.9 Å². The van der Waals surface area contributed by atoms with E-state index in [0.717, 1.165) is 5.39 Å². The van der Waals surface area contributed by atoms with E-state index in [2.05, 4.69) is 16.6 Å². The molecule has 0 unspecified atom stereocenters. The van der Waals surface area contributed by atoms with Crippen molar-refractivity contribution >= 4 is 32.4 Å². The third-order valence-corrected chi connectivity index (χ3v) is 4.53.